The number of carbonyl (C=O) groups is 1. The third-order valence-corrected chi connectivity index (χ3v) is 5.78. The lowest BCUT2D eigenvalue weighted by Crippen LogP contribution is -2.48. The second kappa shape index (κ2) is 7.44. The van der Waals surface area contributed by atoms with Gasteiger partial charge in [0.25, 0.3) is 0 Å². The molecular formula is C21H27N3O3. The summed E-state index contributed by atoms with van der Waals surface area (Å²) in [5, 5.41) is 9.60. The Morgan fingerprint density at radius 3 is 2.81 bits per heavy atom. The summed E-state index contributed by atoms with van der Waals surface area (Å²) in [4.78, 5) is 19.1. The largest absolute Gasteiger partial charge is 0.388 e. The van der Waals surface area contributed by atoms with Crippen LogP contribution in [0.3, 0.4) is 0 Å². The van der Waals surface area contributed by atoms with E-state index in [-0.39, 0.29) is 18.1 Å². The number of nitrogens with zero attached hydrogens (tertiary/aromatic N) is 3. The molecule has 0 bridgehead atoms. The van der Waals surface area contributed by atoms with Crippen molar-refractivity contribution in [1.29, 1.82) is 0 Å². The third-order valence-electron chi connectivity index (χ3n) is 5.78. The molecule has 6 nitrogen and oxygen atoms in total. The zero-order chi connectivity index (χ0) is 18.9. The quantitative estimate of drug-likeness (QED) is 0.842. The molecule has 0 saturated carbocycles. The highest BCUT2D eigenvalue weighted by Crippen LogP contribution is 2.33. The Kier molecular flexibility index (Phi) is 5.02. The van der Waals surface area contributed by atoms with Gasteiger partial charge >= 0.3 is 0 Å². The molecule has 1 aromatic carbocycles. The van der Waals surface area contributed by atoms with Crippen LogP contribution in [0.4, 0.5) is 0 Å². The molecule has 6 heteroatoms. The first kappa shape index (κ1) is 18.2. The monoisotopic (exact) mass is 369 g/mol. The molecule has 3 heterocycles. The van der Waals surface area contributed by atoms with Crippen LogP contribution in [0.1, 0.15) is 38.4 Å². The van der Waals surface area contributed by atoms with Gasteiger partial charge in [-0.25, -0.2) is 4.98 Å². The lowest BCUT2D eigenvalue weighted by molar-refractivity contribution is -0.136. The Hall–Kier alpha value is -2.18. The first-order valence-corrected chi connectivity index (χ1v) is 9.75. The lowest BCUT2D eigenvalue weighted by atomic mass is 9.87. The zero-order valence-corrected chi connectivity index (χ0v) is 15.9. The predicted molar refractivity (Wildman–Crippen MR) is 103 cm³/mol. The fourth-order valence-corrected chi connectivity index (χ4v) is 4.26. The van der Waals surface area contributed by atoms with Gasteiger partial charge in [-0.15, -0.1) is 0 Å². The van der Waals surface area contributed by atoms with Crippen molar-refractivity contribution in [2.45, 2.75) is 51.4 Å². The molecule has 1 fully saturated rings. The van der Waals surface area contributed by atoms with E-state index in [9.17, 15) is 9.90 Å². The topological polar surface area (TPSA) is 67.6 Å². The fourth-order valence-electron chi connectivity index (χ4n) is 4.26. The number of ether oxygens (including phenoxy) is 1. The number of benzene rings is 1. The molecule has 144 valence electrons. The smallest absolute Gasteiger partial charge is 0.224 e. The van der Waals surface area contributed by atoms with Gasteiger partial charge < -0.3 is 19.3 Å². The van der Waals surface area contributed by atoms with Crippen molar-refractivity contribution in [1.82, 2.24) is 14.5 Å². The number of amides is 1. The van der Waals surface area contributed by atoms with E-state index in [1.54, 1.807) is 0 Å². The number of imidazole rings is 1. The van der Waals surface area contributed by atoms with E-state index in [4.69, 9.17) is 4.74 Å². The molecule has 2 aliphatic heterocycles. The third kappa shape index (κ3) is 3.64. The van der Waals surface area contributed by atoms with Gasteiger partial charge in [-0.05, 0) is 38.3 Å². The van der Waals surface area contributed by atoms with Crippen LogP contribution in [0.2, 0.25) is 0 Å². The molecule has 0 unspecified atom stereocenters. The van der Waals surface area contributed by atoms with E-state index >= 15 is 0 Å². The number of para-hydroxylation sites is 2. The molecule has 1 N–H and O–H groups in total. The number of rotatable bonds is 4. The first-order valence-electron chi connectivity index (χ1n) is 9.75. The van der Waals surface area contributed by atoms with Crippen LogP contribution in [-0.4, -0.2) is 50.8 Å². The van der Waals surface area contributed by atoms with Gasteiger partial charge in [-0.1, -0.05) is 23.8 Å². The average molecular weight is 369 g/mol. The molecule has 1 saturated heterocycles. The molecule has 0 aliphatic carbocycles. The van der Waals surface area contributed by atoms with E-state index in [1.807, 2.05) is 33.7 Å². The lowest BCUT2D eigenvalue weighted by Gasteiger charge is -2.42. The van der Waals surface area contributed by atoms with Gasteiger partial charge in [0.05, 0.1) is 23.2 Å². The molecular weight excluding hydrogens is 342 g/mol. The Balaban J connectivity index is 1.39. The van der Waals surface area contributed by atoms with E-state index in [0.717, 1.165) is 50.0 Å². The second-order valence-electron chi connectivity index (χ2n) is 7.61. The minimum atomic E-state index is -0.163. The Morgan fingerprint density at radius 2 is 2.07 bits per heavy atom. The van der Waals surface area contributed by atoms with Crippen molar-refractivity contribution >= 4 is 16.9 Å². The van der Waals surface area contributed by atoms with Crippen molar-refractivity contribution in [2.75, 3.05) is 19.7 Å². The number of hydrogen-bond acceptors (Lipinski definition) is 4. The number of aromatic nitrogens is 2. The van der Waals surface area contributed by atoms with Crippen LogP contribution < -0.4 is 0 Å². The van der Waals surface area contributed by atoms with Crippen LogP contribution in [0.15, 0.2) is 35.9 Å². The molecule has 1 aromatic heterocycles. The number of aliphatic hydroxyl groups excluding tert-OH is 1. The summed E-state index contributed by atoms with van der Waals surface area (Å²) in [7, 11) is 0. The van der Waals surface area contributed by atoms with Crippen LogP contribution in [0, 0.1) is 0 Å². The van der Waals surface area contributed by atoms with E-state index in [0.29, 0.717) is 18.8 Å². The Labute approximate surface area is 159 Å². The molecule has 2 aliphatic rings. The molecule has 0 atom stereocenters. The maximum atomic E-state index is 12.7. The van der Waals surface area contributed by atoms with Crippen LogP contribution in [0.5, 0.6) is 0 Å². The van der Waals surface area contributed by atoms with E-state index in [2.05, 4.69) is 18.0 Å². The van der Waals surface area contributed by atoms with Crippen molar-refractivity contribution in [3.05, 3.63) is 41.7 Å². The summed E-state index contributed by atoms with van der Waals surface area (Å²) >= 11 is 0. The predicted octanol–water partition coefficient (Wildman–Crippen LogP) is 2.65. The van der Waals surface area contributed by atoms with Gasteiger partial charge in [0, 0.05) is 26.1 Å². The highest BCUT2D eigenvalue weighted by molar-refractivity contribution is 5.78. The van der Waals surface area contributed by atoms with Gasteiger partial charge in [-0.2, -0.15) is 0 Å². The highest BCUT2D eigenvalue weighted by Gasteiger charge is 2.36. The van der Waals surface area contributed by atoms with Crippen LogP contribution in [-0.2, 0) is 22.7 Å². The summed E-state index contributed by atoms with van der Waals surface area (Å²) in [6.45, 7) is 4.83. The summed E-state index contributed by atoms with van der Waals surface area (Å²) in [5.41, 5.74) is 3.04. The number of carbonyl (C=O) groups excluding carboxylic acids is 1. The number of likely N-dealkylation sites (tertiary alicyclic amines) is 1. The Bertz CT molecular complexity index is 863. The average Bonchev–Trinajstić information content (AvgIpc) is 3.04. The zero-order valence-electron chi connectivity index (χ0n) is 15.9. The van der Waals surface area contributed by atoms with Gasteiger partial charge in [0.1, 0.15) is 12.4 Å². The molecule has 27 heavy (non-hydrogen) atoms. The summed E-state index contributed by atoms with van der Waals surface area (Å²) in [6.07, 6.45) is 5.42. The summed E-state index contributed by atoms with van der Waals surface area (Å²) in [6, 6.07) is 7.79. The molecule has 0 radical (unpaired) electrons. The number of aryl methyl sites for hydroxylation is 1. The van der Waals surface area contributed by atoms with Crippen LogP contribution >= 0.6 is 0 Å². The number of aliphatic hydroxyl groups is 1. The minimum Gasteiger partial charge on any atom is -0.388 e. The van der Waals surface area contributed by atoms with Crippen molar-refractivity contribution in [3.63, 3.8) is 0 Å². The highest BCUT2D eigenvalue weighted by atomic mass is 16.5. The van der Waals surface area contributed by atoms with E-state index in [1.165, 1.54) is 5.57 Å². The summed E-state index contributed by atoms with van der Waals surface area (Å²) in [5.74, 6) is 0.765. The molecule has 2 aromatic rings. The molecule has 4 rings (SSSR count). The Morgan fingerprint density at radius 1 is 1.30 bits per heavy atom. The normalized spacial score (nSPS) is 19.5. The molecule has 1 amide bonds. The fraction of sp³-hybridized carbons (Fsp3) is 0.524. The maximum Gasteiger partial charge on any atom is 0.224 e. The van der Waals surface area contributed by atoms with Crippen molar-refractivity contribution < 1.29 is 14.6 Å². The SMILES string of the molecule is CC1=CC2(CCN(C(=O)CCn3c(CO)nc4ccccc43)CC2)OCC1. The van der Waals surface area contributed by atoms with E-state index < -0.39 is 0 Å². The minimum absolute atomic E-state index is 0.127. The first-order chi connectivity index (χ1) is 13.1. The van der Waals surface area contributed by atoms with Crippen LogP contribution in [0.25, 0.3) is 11.0 Å². The number of hydrogen-bond donors (Lipinski definition) is 1. The van der Waals surface area contributed by atoms with Gasteiger partial charge in [-0.3, -0.25) is 4.79 Å². The second-order valence-corrected chi connectivity index (χ2v) is 7.61. The van der Waals surface area contributed by atoms with Gasteiger partial charge in [0.15, 0.2) is 0 Å². The standard InChI is InChI=1S/C21H27N3O3/c1-16-7-13-27-21(14-16)8-11-23(12-9-21)20(26)6-10-24-18-5-3-2-4-17(18)22-19(24)15-25/h2-5,14,25H,6-13,15H2,1H3. The molecule has 1 spiro atoms. The maximum absolute atomic E-state index is 12.7. The van der Waals surface area contributed by atoms with Gasteiger partial charge in [0.2, 0.25) is 5.91 Å². The van der Waals surface area contributed by atoms with Crippen molar-refractivity contribution in [3.8, 4) is 0 Å². The number of fused-ring (bicyclic) bond motifs is 1. The van der Waals surface area contributed by atoms with Crippen molar-refractivity contribution in [2.24, 2.45) is 0 Å². The number of piperidine rings is 1. The summed E-state index contributed by atoms with van der Waals surface area (Å²) < 4.78 is 8.00.